The van der Waals surface area contributed by atoms with Gasteiger partial charge in [-0.2, -0.15) is 0 Å². The molecule has 1 saturated heterocycles. The number of ether oxygens (including phenoxy) is 2. The van der Waals surface area contributed by atoms with Crippen LogP contribution in [0.4, 0.5) is 0 Å². The van der Waals surface area contributed by atoms with Crippen molar-refractivity contribution in [3.05, 3.63) is 23.8 Å². The highest BCUT2D eigenvalue weighted by Crippen LogP contribution is 2.33. The van der Waals surface area contributed by atoms with E-state index in [1.807, 2.05) is 18.2 Å². The van der Waals surface area contributed by atoms with Gasteiger partial charge in [0.15, 0.2) is 11.5 Å². The normalized spacial score (nSPS) is 22.9. The monoisotopic (exact) mass is 308 g/mol. The van der Waals surface area contributed by atoms with Crippen molar-refractivity contribution >= 4 is 5.97 Å². The second-order valence-electron chi connectivity index (χ2n) is 5.65. The Bertz CT molecular complexity index is 521. The molecule has 22 heavy (non-hydrogen) atoms. The van der Waals surface area contributed by atoms with E-state index in [2.05, 4.69) is 5.32 Å². The third-order valence-corrected chi connectivity index (χ3v) is 4.33. The van der Waals surface area contributed by atoms with E-state index in [-0.39, 0.29) is 17.9 Å². The predicted octanol–water partition coefficient (Wildman–Crippen LogP) is 1.40. The number of carboxylic acid groups (broad SMARTS) is 1. The molecular weight excluding hydrogens is 284 g/mol. The lowest BCUT2D eigenvalue weighted by molar-refractivity contribution is -0.144. The van der Waals surface area contributed by atoms with Crippen molar-refractivity contribution in [2.75, 3.05) is 27.3 Å². The van der Waals surface area contributed by atoms with Crippen molar-refractivity contribution in [3.63, 3.8) is 0 Å². The molecule has 0 bridgehead atoms. The molecule has 1 aliphatic heterocycles. The van der Waals surface area contributed by atoms with Gasteiger partial charge in [0.25, 0.3) is 0 Å². The van der Waals surface area contributed by atoms with Crippen LogP contribution in [-0.4, -0.2) is 38.4 Å². The minimum atomic E-state index is -0.753. The fourth-order valence-electron chi connectivity index (χ4n) is 3.03. The fourth-order valence-corrected chi connectivity index (χ4v) is 3.03. The molecule has 1 aliphatic rings. The van der Waals surface area contributed by atoms with Crippen LogP contribution in [0.3, 0.4) is 0 Å². The van der Waals surface area contributed by atoms with Crippen LogP contribution in [0.5, 0.6) is 11.5 Å². The Labute approximate surface area is 130 Å². The third-order valence-electron chi connectivity index (χ3n) is 4.33. The van der Waals surface area contributed by atoms with E-state index >= 15 is 0 Å². The molecule has 1 fully saturated rings. The van der Waals surface area contributed by atoms with Crippen LogP contribution in [-0.2, 0) is 4.79 Å². The summed E-state index contributed by atoms with van der Waals surface area (Å²) in [7, 11) is 3.17. The average Bonchev–Trinajstić information content (AvgIpc) is 2.54. The molecule has 6 nitrogen and oxygen atoms in total. The molecule has 122 valence electrons. The number of carboxylic acids is 1. The quantitative estimate of drug-likeness (QED) is 0.735. The number of methoxy groups -OCH3 is 2. The maximum Gasteiger partial charge on any atom is 0.308 e. The van der Waals surface area contributed by atoms with Crippen LogP contribution in [0.25, 0.3) is 0 Å². The van der Waals surface area contributed by atoms with Gasteiger partial charge in [-0.3, -0.25) is 4.79 Å². The molecule has 6 heteroatoms. The molecule has 1 aromatic carbocycles. The first-order valence-electron chi connectivity index (χ1n) is 7.47. The SMILES string of the molecule is COc1ccc(C(N)C[C@@H]2CCNC[C@H]2C(=O)O)cc1OC. The smallest absolute Gasteiger partial charge is 0.308 e. The Hall–Kier alpha value is -1.79. The van der Waals surface area contributed by atoms with E-state index in [9.17, 15) is 9.90 Å². The highest BCUT2D eigenvalue weighted by molar-refractivity contribution is 5.70. The Balaban J connectivity index is 2.10. The highest BCUT2D eigenvalue weighted by atomic mass is 16.5. The lowest BCUT2D eigenvalue weighted by Gasteiger charge is -2.31. The number of hydrogen-bond acceptors (Lipinski definition) is 5. The van der Waals surface area contributed by atoms with Crippen molar-refractivity contribution in [1.29, 1.82) is 0 Å². The highest BCUT2D eigenvalue weighted by Gasteiger charge is 2.32. The van der Waals surface area contributed by atoms with Crippen molar-refractivity contribution < 1.29 is 19.4 Å². The van der Waals surface area contributed by atoms with Gasteiger partial charge in [0.1, 0.15) is 0 Å². The van der Waals surface area contributed by atoms with E-state index in [0.717, 1.165) is 18.5 Å². The summed E-state index contributed by atoms with van der Waals surface area (Å²) in [5.74, 6) is 0.248. The summed E-state index contributed by atoms with van der Waals surface area (Å²) in [5.41, 5.74) is 7.22. The molecule has 0 aliphatic carbocycles. The van der Waals surface area contributed by atoms with Crippen molar-refractivity contribution in [1.82, 2.24) is 5.32 Å². The molecule has 0 amide bonds. The van der Waals surface area contributed by atoms with Crippen molar-refractivity contribution in [2.24, 2.45) is 17.6 Å². The second-order valence-corrected chi connectivity index (χ2v) is 5.65. The van der Waals surface area contributed by atoms with Gasteiger partial charge in [0.05, 0.1) is 20.1 Å². The standard InChI is InChI=1S/C16H24N2O4/c1-21-14-4-3-11(8-15(14)22-2)13(17)7-10-5-6-18-9-12(10)16(19)20/h3-4,8,10,12-13,18H,5-7,9,17H2,1-2H3,(H,19,20)/t10-,12+,13?/m0/s1. The lowest BCUT2D eigenvalue weighted by atomic mass is 9.81. The summed E-state index contributed by atoms with van der Waals surface area (Å²) in [4.78, 5) is 11.3. The van der Waals surface area contributed by atoms with E-state index in [1.54, 1.807) is 14.2 Å². The molecule has 0 saturated carbocycles. The molecule has 1 aromatic rings. The van der Waals surface area contributed by atoms with Gasteiger partial charge in [-0.25, -0.2) is 0 Å². The minimum Gasteiger partial charge on any atom is -0.493 e. The summed E-state index contributed by atoms with van der Waals surface area (Å²) in [5, 5.41) is 12.5. The zero-order valence-electron chi connectivity index (χ0n) is 13.0. The van der Waals surface area contributed by atoms with Crippen LogP contribution >= 0.6 is 0 Å². The van der Waals surface area contributed by atoms with Crippen LogP contribution in [0, 0.1) is 11.8 Å². The Morgan fingerprint density at radius 1 is 1.41 bits per heavy atom. The first-order chi connectivity index (χ1) is 10.6. The second kappa shape index (κ2) is 7.47. The number of piperidine rings is 1. The Morgan fingerprint density at radius 2 is 2.14 bits per heavy atom. The molecule has 0 spiro atoms. The maximum atomic E-state index is 11.3. The van der Waals surface area contributed by atoms with Gasteiger partial charge in [-0.1, -0.05) is 6.07 Å². The number of aliphatic carboxylic acids is 1. The average molecular weight is 308 g/mol. The van der Waals surface area contributed by atoms with Gasteiger partial charge >= 0.3 is 5.97 Å². The molecular formula is C16H24N2O4. The summed E-state index contributed by atoms with van der Waals surface area (Å²) < 4.78 is 10.5. The third kappa shape index (κ3) is 3.69. The van der Waals surface area contributed by atoms with Gasteiger partial charge in [0, 0.05) is 12.6 Å². The predicted molar refractivity (Wildman–Crippen MR) is 83.2 cm³/mol. The zero-order chi connectivity index (χ0) is 16.1. The van der Waals surface area contributed by atoms with E-state index < -0.39 is 5.97 Å². The van der Waals surface area contributed by atoms with Crippen LogP contribution in [0.15, 0.2) is 18.2 Å². The van der Waals surface area contributed by atoms with Crippen LogP contribution in [0.2, 0.25) is 0 Å². The van der Waals surface area contributed by atoms with Crippen LogP contribution in [0.1, 0.15) is 24.4 Å². The zero-order valence-corrected chi connectivity index (χ0v) is 13.0. The largest absolute Gasteiger partial charge is 0.493 e. The molecule has 2 rings (SSSR count). The summed E-state index contributed by atoms with van der Waals surface area (Å²) in [6.07, 6.45) is 1.48. The number of nitrogens with one attached hydrogen (secondary N) is 1. The number of benzene rings is 1. The fraction of sp³-hybridized carbons (Fsp3) is 0.562. The lowest BCUT2D eigenvalue weighted by Crippen LogP contribution is -2.41. The van der Waals surface area contributed by atoms with E-state index in [4.69, 9.17) is 15.2 Å². The summed E-state index contributed by atoms with van der Waals surface area (Å²) in [6.45, 7) is 1.35. The number of rotatable bonds is 6. The Morgan fingerprint density at radius 3 is 2.77 bits per heavy atom. The molecule has 3 atom stereocenters. The van der Waals surface area contributed by atoms with Gasteiger partial charge < -0.3 is 25.6 Å². The van der Waals surface area contributed by atoms with E-state index in [0.29, 0.717) is 24.5 Å². The first-order valence-corrected chi connectivity index (χ1v) is 7.47. The van der Waals surface area contributed by atoms with Crippen LogP contribution < -0.4 is 20.5 Å². The Kier molecular flexibility index (Phi) is 5.63. The maximum absolute atomic E-state index is 11.3. The molecule has 1 unspecified atom stereocenters. The van der Waals surface area contributed by atoms with E-state index in [1.165, 1.54) is 0 Å². The topological polar surface area (TPSA) is 93.8 Å². The number of carbonyl (C=O) groups is 1. The summed E-state index contributed by atoms with van der Waals surface area (Å²) in [6, 6.07) is 5.37. The van der Waals surface area contributed by atoms with Gasteiger partial charge in [0.2, 0.25) is 0 Å². The summed E-state index contributed by atoms with van der Waals surface area (Å²) >= 11 is 0. The molecule has 0 radical (unpaired) electrons. The van der Waals surface area contributed by atoms with Gasteiger partial charge in [-0.05, 0) is 43.0 Å². The minimum absolute atomic E-state index is 0.0850. The molecule has 4 N–H and O–H groups in total. The number of hydrogen-bond donors (Lipinski definition) is 3. The molecule has 0 aromatic heterocycles. The van der Waals surface area contributed by atoms with Crippen molar-refractivity contribution in [3.8, 4) is 11.5 Å². The van der Waals surface area contributed by atoms with Gasteiger partial charge in [-0.15, -0.1) is 0 Å². The molecule has 1 heterocycles. The van der Waals surface area contributed by atoms with Crippen molar-refractivity contribution in [2.45, 2.75) is 18.9 Å². The number of nitrogens with two attached hydrogens (primary N) is 1. The first kappa shape index (κ1) is 16.6.